The molecule has 0 saturated carbocycles. The molecule has 186 valence electrons. The van der Waals surface area contributed by atoms with Crippen LogP contribution >= 0.6 is 0 Å². The van der Waals surface area contributed by atoms with E-state index in [1.54, 1.807) is 72.2 Å². The number of likely N-dealkylation sites (tertiary alicyclic amines) is 1. The van der Waals surface area contributed by atoms with Crippen molar-refractivity contribution in [2.24, 2.45) is 5.92 Å². The molecule has 2 aromatic carbocycles. The van der Waals surface area contributed by atoms with Crippen LogP contribution in [0.2, 0.25) is 0 Å². The minimum Gasteiger partial charge on any atom is -0.497 e. The van der Waals surface area contributed by atoms with Crippen molar-refractivity contribution in [3.63, 3.8) is 0 Å². The van der Waals surface area contributed by atoms with Crippen molar-refractivity contribution in [1.29, 1.82) is 0 Å². The fourth-order valence-electron chi connectivity index (χ4n) is 5.07. The second-order valence-electron chi connectivity index (χ2n) is 9.14. The van der Waals surface area contributed by atoms with Gasteiger partial charge in [-0.1, -0.05) is 18.2 Å². The summed E-state index contributed by atoms with van der Waals surface area (Å²) in [4.78, 5) is 40.7. The number of carbonyl (C=O) groups is 2. The number of methoxy groups -OCH3 is 2. The molecule has 2 aliphatic heterocycles. The molecule has 2 bridgehead atoms. The van der Waals surface area contributed by atoms with Gasteiger partial charge in [0.05, 0.1) is 14.2 Å². The fraction of sp³-hybridized carbons (Fsp3) is 0.296. The van der Waals surface area contributed by atoms with E-state index < -0.39 is 0 Å². The van der Waals surface area contributed by atoms with Crippen LogP contribution in [0.25, 0.3) is 0 Å². The molecule has 3 aromatic rings. The molecular weight excluding hydrogens is 460 g/mol. The van der Waals surface area contributed by atoms with Crippen LogP contribution in [0.4, 0.5) is 16.2 Å². The molecule has 3 heterocycles. The van der Waals surface area contributed by atoms with Crippen molar-refractivity contribution in [2.45, 2.75) is 18.9 Å². The predicted molar refractivity (Wildman–Crippen MR) is 136 cm³/mol. The lowest BCUT2D eigenvalue weighted by Crippen LogP contribution is -2.50. The van der Waals surface area contributed by atoms with Gasteiger partial charge in [0.25, 0.3) is 11.5 Å². The molecule has 1 aromatic heterocycles. The third kappa shape index (κ3) is 4.64. The summed E-state index contributed by atoms with van der Waals surface area (Å²) < 4.78 is 12.3. The zero-order valence-electron chi connectivity index (χ0n) is 20.2. The quantitative estimate of drug-likeness (QED) is 0.569. The van der Waals surface area contributed by atoms with Gasteiger partial charge in [-0.3, -0.25) is 9.59 Å². The predicted octanol–water partition coefficient (Wildman–Crippen LogP) is 3.77. The molecule has 1 fully saturated rings. The third-order valence-electron chi connectivity index (χ3n) is 6.78. The molecule has 0 spiro atoms. The van der Waals surface area contributed by atoms with Crippen LogP contribution in [0.3, 0.4) is 0 Å². The summed E-state index contributed by atoms with van der Waals surface area (Å²) in [5, 5.41) is 5.69. The summed E-state index contributed by atoms with van der Waals surface area (Å²) in [5.74, 6) is 1.03. The van der Waals surface area contributed by atoms with E-state index in [9.17, 15) is 14.4 Å². The first-order valence-corrected chi connectivity index (χ1v) is 11.8. The van der Waals surface area contributed by atoms with E-state index in [2.05, 4.69) is 10.6 Å². The number of hydrogen-bond donors (Lipinski definition) is 2. The number of piperidine rings is 1. The highest BCUT2D eigenvalue weighted by Gasteiger charge is 2.37. The second kappa shape index (κ2) is 9.77. The van der Waals surface area contributed by atoms with Gasteiger partial charge in [0.15, 0.2) is 0 Å². The largest absolute Gasteiger partial charge is 0.497 e. The highest BCUT2D eigenvalue weighted by atomic mass is 16.5. The standard InChI is InChI=1S/C27H28N4O5/c1-35-21-11-20(12-22(13-21)36-2)28-27(34)30-14-17-10-19(16-30)24-9-8-23(26(33)31(24)15-17)29-25(32)18-6-4-3-5-7-18/h3-9,11-13,17,19H,10,14-16H2,1-2H3,(H,28,34)(H,29,32)/t17-,19-/m1/s1. The number of ether oxygens (including phenoxy) is 2. The van der Waals surface area contributed by atoms with E-state index in [4.69, 9.17) is 9.47 Å². The average Bonchev–Trinajstić information content (AvgIpc) is 2.90. The van der Waals surface area contributed by atoms with Gasteiger partial charge in [-0.05, 0) is 36.6 Å². The number of hydrogen-bond acceptors (Lipinski definition) is 5. The lowest BCUT2D eigenvalue weighted by molar-refractivity contribution is 0.102. The molecule has 9 nitrogen and oxygen atoms in total. The molecule has 2 N–H and O–H groups in total. The maximum atomic E-state index is 13.2. The van der Waals surface area contributed by atoms with Gasteiger partial charge in [-0.15, -0.1) is 0 Å². The van der Waals surface area contributed by atoms with E-state index in [0.29, 0.717) is 42.4 Å². The maximum absolute atomic E-state index is 13.2. The zero-order valence-corrected chi connectivity index (χ0v) is 20.2. The van der Waals surface area contributed by atoms with Crippen LogP contribution in [0, 0.1) is 5.92 Å². The topological polar surface area (TPSA) is 102 Å². The Kier molecular flexibility index (Phi) is 6.37. The van der Waals surface area contributed by atoms with Crippen LogP contribution in [-0.4, -0.2) is 48.7 Å². The van der Waals surface area contributed by atoms with Gasteiger partial charge in [-0.25, -0.2) is 4.79 Å². The molecule has 0 aliphatic carbocycles. The first-order chi connectivity index (χ1) is 17.4. The van der Waals surface area contributed by atoms with Crippen LogP contribution in [0.1, 0.15) is 28.4 Å². The number of urea groups is 1. The number of pyridine rings is 1. The Balaban J connectivity index is 1.32. The van der Waals surface area contributed by atoms with E-state index in [1.807, 2.05) is 12.1 Å². The van der Waals surface area contributed by atoms with Crippen LogP contribution in [0.5, 0.6) is 11.5 Å². The Labute approximate surface area is 208 Å². The fourth-order valence-corrected chi connectivity index (χ4v) is 5.07. The van der Waals surface area contributed by atoms with E-state index in [-0.39, 0.29) is 35.0 Å². The van der Waals surface area contributed by atoms with Crippen molar-refractivity contribution in [2.75, 3.05) is 37.9 Å². The number of rotatable bonds is 5. The summed E-state index contributed by atoms with van der Waals surface area (Å²) >= 11 is 0. The molecule has 9 heteroatoms. The first-order valence-electron chi connectivity index (χ1n) is 11.8. The lowest BCUT2D eigenvalue weighted by Gasteiger charge is -2.42. The van der Waals surface area contributed by atoms with E-state index in [0.717, 1.165) is 12.1 Å². The second-order valence-corrected chi connectivity index (χ2v) is 9.14. The monoisotopic (exact) mass is 488 g/mol. The van der Waals surface area contributed by atoms with Crippen molar-refractivity contribution in [3.05, 3.63) is 82.3 Å². The first kappa shape index (κ1) is 23.5. The highest BCUT2D eigenvalue weighted by molar-refractivity contribution is 6.04. The summed E-state index contributed by atoms with van der Waals surface area (Å²) in [6.07, 6.45) is 0.909. The van der Waals surface area contributed by atoms with Crippen molar-refractivity contribution >= 4 is 23.3 Å². The molecule has 0 unspecified atom stereocenters. The van der Waals surface area contributed by atoms with Gasteiger partial charge >= 0.3 is 6.03 Å². The molecule has 3 amide bonds. The van der Waals surface area contributed by atoms with E-state index in [1.165, 1.54) is 0 Å². The minimum absolute atomic E-state index is 0.0367. The number of aromatic nitrogens is 1. The maximum Gasteiger partial charge on any atom is 0.321 e. The molecule has 2 aliphatic rings. The summed E-state index contributed by atoms with van der Waals surface area (Å²) in [7, 11) is 3.12. The van der Waals surface area contributed by atoms with Gasteiger partial charge < -0.3 is 29.6 Å². The lowest BCUT2D eigenvalue weighted by atomic mass is 9.83. The highest BCUT2D eigenvalue weighted by Crippen LogP contribution is 2.36. The normalized spacial score (nSPS) is 18.1. The van der Waals surface area contributed by atoms with Crippen LogP contribution in [0.15, 0.2) is 65.5 Å². The average molecular weight is 489 g/mol. The summed E-state index contributed by atoms with van der Waals surface area (Å²) in [5.41, 5.74) is 2.01. The molecule has 2 atom stereocenters. The molecule has 0 radical (unpaired) electrons. The van der Waals surface area contributed by atoms with Crippen LogP contribution < -0.4 is 25.7 Å². The van der Waals surface area contributed by atoms with Gasteiger partial charge in [0, 0.05) is 60.7 Å². The summed E-state index contributed by atoms with van der Waals surface area (Å²) in [6.45, 7) is 1.53. The molecule has 5 rings (SSSR count). The van der Waals surface area contributed by atoms with Gasteiger partial charge in [0.1, 0.15) is 17.2 Å². The summed E-state index contributed by atoms with van der Waals surface area (Å²) in [6, 6.07) is 17.4. The van der Waals surface area contributed by atoms with Crippen molar-refractivity contribution < 1.29 is 19.1 Å². The number of nitrogens with one attached hydrogen (secondary N) is 2. The number of nitrogens with zero attached hydrogens (tertiary/aromatic N) is 2. The molecule has 1 saturated heterocycles. The molecular formula is C27H28N4O5. The van der Waals surface area contributed by atoms with Gasteiger partial charge in [0.2, 0.25) is 0 Å². The SMILES string of the molecule is COc1cc(NC(=O)N2C[C@H]3C[C@H](C2)c2ccc(NC(=O)c4ccccc4)c(=O)n2C3)cc(OC)c1. The smallest absolute Gasteiger partial charge is 0.321 e. The van der Waals surface area contributed by atoms with E-state index >= 15 is 0 Å². The Hall–Kier alpha value is -4.27. The van der Waals surface area contributed by atoms with Crippen LogP contribution in [-0.2, 0) is 6.54 Å². The number of anilines is 2. The van der Waals surface area contributed by atoms with Crippen molar-refractivity contribution in [1.82, 2.24) is 9.47 Å². The van der Waals surface area contributed by atoms with Crippen molar-refractivity contribution in [3.8, 4) is 11.5 Å². The Morgan fingerprint density at radius 1 is 0.889 bits per heavy atom. The number of carbonyl (C=O) groups excluding carboxylic acids is 2. The zero-order chi connectivity index (χ0) is 25.2. The molecule has 36 heavy (non-hydrogen) atoms. The number of benzene rings is 2. The Morgan fingerprint density at radius 2 is 1.61 bits per heavy atom. The Bertz CT molecular complexity index is 1330. The minimum atomic E-state index is -0.318. The number of amides is 3. The number of fused-ring (bicyclic) bond motifs is 4. The van der Waals surface area contributed by atoms with Gasteiger partial charge in [-0.2, -0.15) is 0 Å². The third-order valence-corrected chi connectivity index (χ3v) is 6.78. The Morgan fingerprint density at radius 3 is 2.31 bits per heavy atom.